The number of thiol groups is 1. The number of carboxylic acid groups (broad SMARTS) is 1. The minimum Gasteiger partial charge on any atom is -0.476 e. The fourth-order valence-electron chi connectivity index (χ4n) is 1.31. The minimum absolute atomic E-state index is 0.359. The zero-order chi connectivity index (χ0) is 12.1. The van der Waals surface area contributed by atoms with E-state index >= 15 is 0 Å². The molecule has 0 aliphatic carbocycles. The van der Waals surface area contributed by atoms with Gasteiger partial charge in [-0.15, -0.1) is 12.6 Å². The van der Waals surface area contributed by atoms with Crippen LogP contribution < -0.4 is 0 Å². The van der Waals surface area contributed by atoms with Crippen LogP contribution in [0.3, 0.4) is 0 Å². The second kappa shape index (κ2) is 5.46. The van der Waals surface area contributed by atoms with Gasteiger partial charge >= 0.3 is 5.97 Å². The zero-order valence-corrected chi connectivity index (χ0v) is 9.18. The molecule has 0 amide bonds. The molecule has 0 fully saturated rings. The number of rotatable bonds is 5. The normalized spacial score (nSPS) is 11.8. The maximum atomic E-state index is 11.2. The first kappa shape index (κ1) is 12.4. The van der Waals surface area contributed by atoms with Crippen LogP contribution in [0.4, 0.5) is 0 Å². The summed E-state index contributed by atoms with van der Waals surface area (Å²) in [5.74, 6) is -3.32. The van der Waals surface area contributed by atoms with E-state index < -0.39 is 22.8 Å². The highest BCUT2D eigenvalue weighted by Crippen LogP contribution is 2.22. The van der Waals surface area contributed by atoms with E-state index in [4.69, 9.17) is 5.11 Å². The summed E-state index contributed by atoms with van der Waals surface area (Å²) in [7, 11) is 0. The molecule has 5 heteroatoms. The SMILES string of the molecule is O=C(O)C(=O)CC(C(=O)S)c1ccccc1. The summed E-state index contributed by atoms with van der Waals surface area (Å²) in [4.78, 5) is 32.7. The molecule has 1 atom stereocenters. The number of carboxylic acids is 1. The Labute approximate surface area is 97.7 Å². The van der Waals surface area contributed by atoms with Crippen LogP contribution in [-0.4, -0.2) is 22.0 Å². The van der Waals surface area contributed by atoms with Crippen molar-refractivity contribution in [2.45, 2.75) is 12.3 Å². The van der Waals surface area contributed by atoms with Gasteiger partial charge in [-0.1, -0.05) is 30.3 Å². The largest absolute Gasteiger partial charge is 0.476 e. The molecule has 0 saturated carbocycles. The Balaban J connectivity index is 2.89. The Morgan fingerprint density at radius 2 is 1.75 bits per heavy atom. The zero-order valence-electron chi connectivity index (χ0n) is 8.29. The standard InChI is InChI=1S/C11H10O4S/c12-9(10(13)14)6-8(11(15)16)7-4-2-1-3-5-7/h1-5,8H,6H2,(H,13,14)(H,15,16). The maximum Gasteiger partial charge on any atom is 0.372 e. The van der Waals surface area contributed by atoms with Gasteiger partial charge in [0.1, 0.15) is 0 Å². The number of Topliss-reactive ketones (excluding diaryl/α,β-unsaturated/α-hetero) is 1. The molecule has 0 aliphatic rings. The molecular weight excluding hydrogens is 228 g/mol. The van der Waals surface area contributed by atoms with E-state index in [9.17, 15) is 14.4 Å². The predicted octanol–water partition coefficient (Wildman–Crippen LogP) is 1.27. The lowest BCUT2D eigenvalue weighted by atomic mass is 9.95. The summed E-state index contributed by atoms with van der Waals surface area (Å²) >= 11 is 3.66. The Morgan fingerprint density at radius 3 is 2.19 bits per heavy atom. The molecule has 0 bridgehead atoms. The van der Waals surface area contributed by atoms with Crippen LogP contribution in [0.15, 0.2) is 30.3 Å². The van der Waals surface area contributed by atoms with Gasteiger partial charge in [-0.3, -0.25) is 9.59 Å². The summed E-state index contributed by atoms with van der Waals surface area (Å²) in [6.07, 6.45) is -0.359. The first-order valence-electron chi connectivity index (χ1n) is 4.56. The van der Waals surface area contributed by atoms with Crippen LogP contribution in [0.5, 0.6) is 0 Å². The highest BCUT2D eigenvalue weighted by Gasteiger charge is 2.24. The molecule has 0 radical (unpaired) electrons. The van der Waals surface area contributed by atoms with E-state index in [0.717, 1.165) is 0 Å². The van der Waals surface area contributed by atoms with Gasteiger partial charge in [0.2, 0.25) is 5.78 Å². The van der Waals surface area contributed by atoms with Crippen LogP contribution in [0.25, 0.3) is 0 Å². The van der Waals surface area contributed by atoms with Crippen molar-refractivity contribution in [1.82, 2.24) is 0 Å². The van der Waals surface area contributed by atoms with Crippen molar-refractivity contribution in [3.8, 4) is 0 Å². The third-order valence-electron chi connectivity index (χ3n) is 2.13. The van der Waals surface area contributed by atoms with Gasteiger partial charge in [0.05, 0.1) is 5.92 Å². The lowest BCUT2D eigenvalue weighted by Gasteiger charge is -2.10. The number of hydrogen-bond acceptors (Lipinski definition) is 3. The van der Waals surface area contributed by atoms with Crippen molar-refractivity contribution in [2.75, 3.05) is 0 Å². The Kier molecular flexibility index (Phi) is 4.25. The first-order chi connectivity index (χ1) is 7.52. The third-order valence-corrected chi connectivity index (χ3v) is 2.44. The average molecular weight is 238 g/mol. The fraction of sp³-hybridized carbons (Fsp3) is 0.182. The number of carbonyl (C=O) groups is 3. The summed E-state index contributed by atoms with van der Waals surface area (Å²) in [5, 5.41) is 7.96. The molecular formula is C11H10O4S. The molecule has 1 aromatic rings. The number of ketones is 1. The first-order valence-corrected chi connectivity index (χ1v) is 5.01. The highest BCUT2D eigenvalue weighted by molar-refractivity contribution is 7.96. The molecule has 1 unspecified atom stereocenters. The van der Waals surface area contributed by atoms with Crippen molar-refractivity contribution >= 4 is 29.5 Å². The van der Waals surface area contributed by atoms with Crippen LogP contribution in [0, 0.1) is 0 Å². The average Bonchev–Trinajstić information content (AvgIpc) is 2.26. The molecule has 1 aromatic carbocycles. The van der Waals surface area contributed by atoms with E-state index in [-0.39, 0.29) is 6.42 Å². The Bertz CT molecular complexity index is 413. The van der Waals surface area contributed by atoms with Gasteiger partial charge < -0.3 is 5.11 Å². The van der Waals surface area contributed by atoms with Crippen LogP contribution in [0.1, 0.15) is 17.9 Å². The van der Waals surface area contributed by atoms with Crippen molar-refractivity contribution in [2.24, 2.45) is 0 Å². The van der Waals surface area contributed by atoms with Crippen molar-refractivity contribution in [3.63, 3.8) is 0 Å². The third kappa shape index (κ3) is 3.20. The molecule has 0 aromatic heterocycles. The Hall–Kier alpha value is -1.62. The maximum absolute atomic E-state index is 11.2. The fourth-order valence-corrected chi connectivity index (χ4v) is 1.55. The van der Waals surface area contributed by atoms with E-state index in [1.54, 1.807) is 30.3 Å². The van der Waals surface area contributed by atoms with E-state index in [1.165, 1.54) is 0 Å². The number of hydrogen-bond donors (Lipinski definition) is 2. The molecule has 4 nitrogen and oxygen atoms in total. The lowest BCUT2D eigenvalue weighted by molar-refractivity contribution is -0.149. The summed E-state index contributed by atoms with van der Waals surface area (Å²) in [5.41, 5.74) is 0.595. The van der Waals surface area contributed by atoms with Crippen LogP contribution >= 0.6 is 12.6 Å². The molecule has 0 aliphatic heterocycles. The van der Waals surface area contributed by atoms with Gasteiger partial charge in [-0.05, 0) is 5.56 Å². The topological polar surface area (TPSA) is 71.4 Å². The van der Waals surface area contributed by atoms with Crippen molar-refractivity contribution < 1.29 is 19.5 Å². The summed E-state index contributed by atoms with van der Waals surface area (Å²) < 4.78 is 0. The molecule has 0 heterocycles. The van der Waals surface area contributed by atoms with Gasteiger partial charge in [0, 0.05) is 6.42 Å². The summed E-state index contributed by atoms with van der Waals surface area (Å²) in [6, 6.07) is 8.51. The molecule has 0 spiro atoms. The van der Waals surface area contributed by atoms with Gasteiger partial charge in [0.25, 0.3) is 0 Å². The molecule has 16 heavy (non-hydrogen) atoms. The van der Waals surface area contributed by atoms with E-state index in [1.807, 2.05) is 0 Å². The molecule has 1 rings (SSSR count). The van der Waals surface area contributed by atoms with Crippen molar-refractivity contribution in [3.05, 3.63) is 35.9 Å². The monoisotopic (exact) mass is 238 g/mol. The highest BCUT2D eigenvalue weighted by atomic mass is 32.1. The number of carbonyl (C=O) groups excluding carboxylic acids is 2. The van der Waals surface area contributed by atoms with E-state index in [0.29, 0.717) is 5.56 Å². The quantitative estimate of drug-likeness (QED) is 0.598. The van der Waals surface area contributed by atoms with Crippen LogP contribution in [0.2, 0.25) is 0 Å². The van der Waals surface area contributed by atoms with Gasteiger partial charge in [-0.25, -0.2) is 4.79 Å². The second-order valence-electron chi connectivity index (χ2n) is 3.23. The minimum atomic E-state index is -1.53. The Morgan fingerprint density at radius 1 is 1.19 bits per heavy atom. The molecule has 0 saturated heterocycles. The smallest absolute Gasteiger partial charge is 0.372 e. The second-order valence-corrected chi connectivity index (χ2v) is 3.67. The number of aliphatic carboxylic acids is 1. The lowest BCUT2D eigenvalue weighted by Crippen LogP contribution is -2.19. The van der Waals surface area contributed by atoms with Gasteiger partial charge in [0.15, 0.2) is 5.12 Å². The molecule has 84 valence electrons. The van der Waals surface area contributed by atoms with Gasteiger partial charge in [-0.2, -0.15) is 0 Å². The van der Waals surface area contributed by atoms with E-state index in [2.05, 4.69) is 12.6 Å². The van der Waals surface area contributed by atoms with Crippen LogP contribution in [-0.2, 0) is 14.4 Å². The predicted molar refractivity (Wildman–Crippen MR) is 60.4 cm³/mol. The summed E-state index contributed by atoms with van der Waals surface area (Å²) in [6.45, 7) is 0. The van der Waals surface area contributed by atoms with Crippen molar-refractivity contribution in [1.29, 1.82) is 0 Å². The molecule has 1 N–H and O–H groups in total. The number of benzene rings is 1.